The smallest absolute Gasteiger partial charge is 0.391 e. The summed E-state index contributed by atoms with van der Waals surface area (Å²) in [6.07, 6.45) is -4.34. The van der Waals surface area contributed by atoms with E-state index in [1.165, 1.54) is 36.7 Å². The lowest BCUT2D eigenvalue weighted by Gasteiger charge is -2.18. The van der Waals surface area contributed by atoms with Crippen LogP contribution in [0.25, 0.3) is 11.1 Å². The zero-order chi connectivity index (χ0) is 27.4. The van der Waals surface area contributed by atoms with Crippen LogP contribution >= 0.6 is 0 Å². The molecule has 7 nitrogen and oxygen atoms in total. The minimum atomic E-state index is -4.83. The molecule has 3 atom stereocenters. The van der Waals surface area contributed by atoms with E-state index < -0.39 is 42.2 Å². The van der Waals surface area contributed by atoms with Crippen LogP contribution in [0, 0.1) is 5.82 Å². The number of anilines is 1. The number of carbonyl (C=O) groups is 2. The first-order valence-electron chi connectivity index (χ1n) is 11.9. The van der Waals surface area contributed by atoms with E-state index in [1.54, 1.807) is 24.3 Å². The number of pyridine rings is 1. The summed E-state index contributed by atoms with van der Waals surface area (Å²) in [5.41, 5.74) is 2.57. The molecule has 1 aliphatic carbocycles. The zero-order valence-electron chi connectivity index (χ0n) is 20.3. The van der Waals surface area contributed by atoms with Gasteiger partial charge in [-0.15, -0.1) is 13.2 Å². The Morgan fingerprint density at radius 2 is 1.82 bits per heavy atom. The SMILES string of the molecule is CCc1ccc(C(=O)N[C@H]2C[C@H](OC(F)(F)F)C[C@@H]2O)cc1NC(=O)c1cncc(-c2cccc(F)c2)c1. The lowest BCUT2D eigenvalue weighted by Crippen LogP contribution is -2.40. The fraction of sp³-hybridized carbons (Fsp3) is 0.296. The molecule has 1 heterocycles. The summed E-state index contributed by atoms with van der Waals surface area (Å²) in [5, 5.41) is 15.4. The first-order chi connectivity index (χ1) is 18.0. The molecule has 0 aliphatic heterocycles. The number of aromatic nitrogens is 1. The number of ether oxygens (including phenoxy) is 1. The molecule has 1 aliphatic rings. The molecule has 11 heteroatoms. The summed E-state index contributed by atoms with van der Waals surface area (Å²) in [4.78, 5) is 29.9. The van der Waals surface area contributed by atoms with Crippen molar-refractivity contribution in [3.05, 3.63) is 83.4 Å². The number of halogens is 4. The Kier molecular flexibility index (Phi) is 8.08. The topological polar surface area (TPSA) is 101 Å². The Bertz CT molecular complexity index is 1330. The third-order valence-electron chi connectivity index (χ3n) is 6.26. The fourth-order valence-corrected chi connectivity index (χ4v) is 4.39. The first-order valence-corrected chi connectivity index (χ1v) is 11.9. The van der Waals surface area contributed by atoms with Crippen LogP contribution in [0.5, 0.6) is 0 Å². The van der Waals surface area contributed by atoms with E-state index in [9.17, 15) is 32.3 Å². The Hall–Kier alpha value is -3.83. The maximum atomic E-state index is 13.6. The van der Waals surface area contributed by atoms with Crippen LogP contribution in [0.15, 0.2) is 60.9 Å². The van der Waals surface area contributed by atoms with Gasteiger partial charge in [0.25, 0.3) is 11.8 Å². The largest absolute Gasteiger partial charge is 0.522 e. The van der Waals surface area contributed by atoms with Crippen LogP contribution in [-0.2, 0) is 11.2 Å². The molecule has 1 aromatic heterocycles. The van der Waals surface area contributed by atoms with E-state index >= 15 is 0 Å². The molecule has 1 saturated carbocycles. The van der Waals surface area contributed by atoms with Crippen molar-refractivity contribution in [2.75, 3.05) is 5.32 Å². The maximum Gasteiger partial charge on any atom is 0.522 e. The molecule has 2 amide bonds. The predicted octanol–water partition coefficient (Wildman–Crippen LogP) is 4.86. The van der Waals surface area contributed by atoms with Crippen molar-refractivity contribution in [1.82, 2.24) is 10.3 Å². The number of rotatable bonds is 7. The molecule has 0 saturated heterocycles. The van der Waals surface area contributed by atoms with Gasteiger partial charge in [-0.2, -0.15) is 0 Å². The van der Waals surface area contributed by atoms with Gasteiger partial charge < -0.3 is 15.7 Å². The molecule has 2 aromatic carbocycles. The number of aliphatic hydroxyl groups excluding tert-OH is 1. The number of hydrogen-bond donors (Lipinski definition) is 3. The minimum absolute atomic E-state index is 0.150. The number of nitrogens with zero attached hydrogens (tertiary/aromatic N) is 1. The summed E-state index contributed by atoms with van der Waals surface area (Å²) < 4.78 is 55.1. The highest BCUT2D eigenvalue weighted by atomic mass is 19.4. The van der Waals surface area contributed by atoms with E-state index in [-0.39, 0.29) is 24.0 Å². The third-order valence-corrected chi connectivity index (χ3v) is 6.26. The Morgan fingerprint density at radius 3 is 2.53 bits per heavy atom. The molecule has 0 unspecified atom stereocenters. The van der Waals surface area contributed by atoms with Crippen molar-refractivity contribution in [2.45, 2.75) is 50.8 Å². The number of hydrogen-bond acceptors (Lipinski definition) is 5. The molecule has 1 fully saturated rings. The summed E-state index contributed by atoms with van der Waals surface area (Å²) in [7, 11) is 0. The molecule has 4 rings (SSSR count). The molecule has 0 radical (unpaired) electrons. The van der Waals surface area contributed by atoms with Gasteiger partial charge >= 0.3 is 6.36 Å². The Morgan fingerprint density at radius 1 is 1.03 bits per heavy atom. The summed E-state index contributed by atoms with van der Waals surface area (Å²) in [6, 6.07) is 11.2. The van der Waals surface area contributed by atoms with E-state index in [4.69, 9.17) is 0 Å². The molecular formula is C27H25F4N3O4. The zero-order valence-corrected chi connectivity index (χ0v) is 20.3. The van der Waals surface area contributed by atoms with Gasteiger partial charge in [0.05, 0.1) is 23.8 Å². The molecule has 38 heavy (non-hydrogen) atoms. The van der Waals surface area contributed by atoms with Gasteiger partial charge in [0.2, 0.25) is 0 Å². The second-order valence-corrected chi connectivity index (χ2v) is 8.96. The number of carbonyl (C=O) groups excluding carboxylic acids is 2. The minimum Gasteiger partial charge on any atom is -0.391 e. The van der Waals surface area contributed by atoms with Crippen molar-refractivity contribution < 1.29 is 37.0 Å². The molecule has 0 spiro atoms. The average molecular weight is 532 g/mol. The number of alkyl halides is 3. The van der Waals surface area contributed by atoms with Gasteiger partial charge in [0, 0.05) is 35.6 Å². The predicted molar refractivity (Wildman–Crippen MR) is 131 cm³/mol. The van der Waals surface area contributed by atoms with Crippen molar-refractivity contribution in [2.24, 2.45) is 0 Å². The number of amides is 2. The molecule has 200 valence electrons. The highest BCUT2D eigenvalue weighted by Crippen LogP contribution is 2.30. The summed E-state index contributed by atoms with van der Waals surface area (Å²) in [5.74, 6) is -1.54. The van der Waals surface area contributed by atoms with E-state index in [0.717, 1.165) is 5.56 Å². The van der Waals surface area contributed by atoms with Crippen LogP contribution in [0.4, 0.5) is 23.2 Å². The standard InChI is InChI=1S/C27H25F4N3O4/c1-2-15-6-7-17(25(36)34-23-11-21(12-24(23)35)38-27(29,30)31)10-22(15)33-26(37)19-8-18(13-32-14-19)16-4-3-5-20(28)9-16/h3-10,13-14,21,23-24,35H,2,11-12H2,1H3,(H,33,37)(H,34,36)/t21-,23-,24-/m0/s1. The second-order valence-electron chi connectivity index (χ2n) is 8.96. The van der Waals surface area contributed by atoms with Crippen molar-refractivity contribution in [3.8, 4) is 11.1 Å². The lowest BCUT2D eigenvalue weighted by atomic mass is 10.0. The fourth-order valence-electron chi connectivity index (χ4n) is 4.39. The van der Waals surface area contributed by atoms with Crippen LogP contribution in [-0.4, -0.2) is 46.5 Å². The van der Waals surface area contributed by atoms with Gasteiger partial charge in [-0.1, -0.05) is 25.1 Å². The van der Waals surface area contributed by atoms with Gasteiger partial charge in [0.1, 0.15) is 5.82 Å². The highest BCUT2D eigenvalue weighted by Gasteiger charge is 2.41. The van der Waals surface area contributed by atoms with Crippen molar-refractivity contribution >= 4 is 17.5 Å². The number of aliphatic hydroxyl groups is 1. The molecule has 3 N–H and O–H groups in total. The van der Waals surface area contributed by atoms with Gasteiger partial charge in [-0.25, -0.2) is 4.39 Å². The Labute approximate surface area is 215 Å². The summed E-state index contributed by atoms with van der Waals surface area (Å²) in [6.45, 7) is 1.87. The number of benzene rings is 2. The highest BCUT2D eigenvalue weighted by molar-refractivity contribution is 6.06. The van der Waals surface area contributed by atoms with Crippen molar-refractivity contribution in [1.29, 1.82) is 0 Å². The monoisotopic (exact) mass is 531 g/mol. The first kappa shape index (κ1) is 27.2. The van der Waals surface area contributed by atoms with Crippen molar-refractivity contribution in [3.63, 3.8) is 0 Å². The maximum absolute atomic E-state index is 13.6. The van der Waals surface area contributed by atoms with Gasteiger partial charge in [0.15, 0.2) is 0 Å². The number of nitrogens with one attached hydrogen (secondary N) is 2. The van der Waals surface area contributed by atoms with E-state index in [0.29, 0.717) is 23.2 Å². The molecular weight excluding hydrogens is 506 g/mol. The van der Waals surface area contributed by atoms with E-state index in [1.807, 2.05) is 6.92 Å². The van der Waals surface area contributed by atoms with Crippen LogP contribution in [0.1, 0.15) is 46.0 Å². The quantitative estimate of drug-likeness (QED) is 0.378. The molecule has 0 bridgehead atoms. The third kappa shape index (κ3) is 6.73. The Balaban J connectivity index is 1.48. The van der Waals surface area contributed by atoms with E-state index in [2.05, 4.69) is 20.4 Å². The lowest BCUT2D eigenvalue weighted by molar-refractivity contribution is -0.342. The van der Waals surface area contributed by atoms with Crippen LogP contribution in [0.2, 0.25) is 0 Å². The second kappa shape index (κ2) is 11.3. The summed E-state index contributed by atoms with van der Waals surface area (Å²) >= 11 is 0. The van der Waals surface area contributed by atoms with Crippen LogP contribution in [0.3, 0.4) is 0 Å². The average Bonchev–Trinajstić information content (AvgIpc) is 3.20. The van der Waals surface area contributed by atoms with Crippen LogP contribution < -0.4 is 10.6 Å². The number of aryl methyl sites for hydroxylation is 1. The molecule has 3 aromatic rings. The van der Waals surface area contributed by atoms with Gasteiger partial charge in [-0.3, -0.25) is 19.3 Å². The normalized spacial score (nSPS) is 19.3. The van der Waals surface area contributed by atoms with Gasteiger partial charge in [-0.05, 0) is 54.3 Å².